The molecule has 0 saturated heterocycles. The molecule has 0 bridgehead atoms. The molecular formula is C10H9F3N4OS. The average Bonchev–Trinajstić information content (AvgIpc) is 2.91. The third-order valence-corrected chi connectivity index (χ3v) is 2.87. The van der Waals surface area contributed by atoms with Crippen molar-refractivity contribution in [2.45, 2.75) is 11.4 Å². The topological polar surface area (TPSA) is 56.7 Å². The minimum absolute atomic E-state index is 0.187. The Balaban J connectivity index is 2.36. The lowest BCUT2D eigenvalue weighted by Crippen LogP contribution is -2.08. The van der Waals surface area contributed by atoms with Gasteiger partial charge >= 0.3 is 6.18 Å². The fraction of sp³-hybridized carbons (Fsp3) is 0.300. The highest BCUT2D eigenvalue weighted by Crippen LogP contribution is 2.35. The van der Waals surface area contributed by atoms with Gasteiger partial charge in [-0.2, -0.15) is 18.3 Å². The molecule has 0 saturated carbocycles. The maximum absolute atomic E-state index is 12.8. The summed E-state index contributed by atoms with van der Waals surface area (Å²) in [6, 6.07) is 0. The van der Waals surface area contributed by atoms with Crippen LogP contribution in [-0.2, 0) is 13.2 Å². The van der Waals surface area contributed by atoms with Gasteiger partial charge in [0.1, 0.15) is 0 Å². The van der Waals surface area contributed by atoms with Gasteiger partial charge in [0.05, 0.1) is 5.56 Å². The molecule has 0 aliphatic rings. The van der Waals surface area contributed by atoms with Crippen LogP contribution in [0.1, 0.15) is 5.69 Å². The van der Waals surface area contributed by atoms with E-state index < -0.39 is 11.9 Å². The highest BCUT2D eigenvalue weighted by molar-refractivity contribution is 7.99. The molecule has 102 valence electrons. The first-order chi connectivity index (χ1) is 8.91. The van der Waals surface area contributed by atoms with Crippen LogP contribution >= 0.6 is 11.8 Å². The maximum Gasteiger partial charge on any atom is 0.435 e. The summed E-state index contributed by atoms with van der Waals surface area (Å²) in [5, 5.41) is 10.8. The van der Waals surface area contributed by atoms with Gasteiger partial charge in [-0.05, 0) is 0 Å². The van der Waals surface area contributed by atoms with Crippen LogP contribution in [0.15, 0.2) is 28.5 Å². The zero-order valence-corrected chi connectivity index (χ0v) is 10.6. The van der Waals surface area contributed by atoms with Gasteiger partial charge in [-0.1, -0.05) is 17.8 Å². The third kappa shape index (κ3) is 2.98. The molecule has 0 radical (unpaired) electrons. The van der Waals surface area contributed by atoms with Gasteiger partial charge in [0.2, 0.25) is 0 Å². The molecule has 2 heterocycles. The number of rotatable bonds is 4. The lowest BCUT2D eigenvalue weighted by Gasteiger charge is -2.02. The maximum atomic E-state index is 12.8. The fourth-order valence-corrected chi connectivity index (χ4v) is 1.86. The quantitative estimate of drug-likeness (QED) is 0.640. The van der Waals surface area contributed by atoms with Gasteiger partial charge in [-0.25, -0.2) is 0 Å². The van der Waals surface area contributed by atoms with Crippen molar-refractivity contribution in [1.29, 1.82) is 0 Å². The lowest BCUT2D eigenvalue weighted by atomic mass is 10.2. The summed E-state index contributed by atoms with van der Waals surface area (Å²) < 4.78 is 44.5. The van der Waals surface area contributed by atoms with Crippen LogP contribution < -0.4 is 0 Å². The molecule has 0 amide bonds. The molecule has 2 rings (SSSR count). The Morgan fingerprint density at radius 1 is 1.47 bits per heavy atom. The number of nitrogens with zero attached hydrogens (tertiary/aromatic N) is 4. The van der Waals surface area contributed by atoms with E-state index in [1.807, 2.05) is 0 Å². The van der Waals surface area contributed by atoms with E-state index in [9.17, 15) is 13.2 Å². The summed E-state index contributed by atoms with van der Waals surface area (Å²) in [6.45, 7) is 3.52. The van der Waals surface area contributed by atoms with Crippen LogP contribution in [0.4, 0.5) is 13.2 Å². The summed E-state index contributed by atoms with van der Waals surface area (Å²) in [5.74, 6) is 0.327. The number of thioether (sulfide) groups is 1. The van der Waals surface area contributed by atoms with Crippen molar-refractivity contribution >= 4 is 11.8 Å². The fourth-order valence-electron chi connectivity index (χ4n) is 1.36. The lowest BCUT2D eigenvalue weighted by molar-refractivity contribution is -0.141. The van der Waals surface area contributed by atoms with E-state index in [0.29, 0.717) is 5.75 Å². The Labute approximate surface area is 110 Å². The first kappa shape index (κ1) is 13.7. The molecule has 2 aromatic rings. The van der Waals surface area contributed by atoms with E-state index in [-0.39, 0.29) is 16.7 Å². The Hall–Kier alpha value is -1.77. The van der Waals surface area contributed by atoms with Gasteiger partial charge < -0.3 is 4.42 Å². The molecule has 0 N–H and O–H groups in total. The number of halogens is 3. The molecule has 0 aromatic carbocycles. The van der Waals surface area contributed by atoms with Gasteiger partial charge in [0, 0.05) is 19.0 Å². The number of aryl methyl sites for hydroxylation is 1. The summed E-state index contributed by atoms with van der Waals surface area (Å²) in [4.78, 5) is 0. The van der Waals surface area contributed by atoms with Crippen molar-refractivity contribution in [2.75, 3.05) is 5.75 Å². The normalized spacial score (nSPS) is 11.8. The molecule has 0 spiro atoms. The minimum atomic E-state index is -4.57. The largest absolute Gasteiger partial charge is 0.435 e. The first-order valence-electron chi connectivity index (χ1n) is 5.10. The monoisotopic (exact) mass is 290 g/mol. The van der Waals surface area contributed by atoms with Crippen LogP contribution in [0.2, 0.25) is 0 Å². The predicted octanol–water partition coefficient (Wildman–Crippen LogP) is 2.77. The van der Waals surface area contributed by atoms with Crippen LogP contribution in [0.25, 0.3) is 11.5 Å². The average molecular weight is 290 g/mol. The molecule has 5 nitrogen and oxygen atoms in total. The first-order valence-corrected chi connectivity index (χ1v) is 6.08. The van der Waals surface area contributed by atoms with Crippen molar-refractivity contribution in [3.63, 3.8) is 0 Å². The van der Waals surface area contributed by atoms with Crippen molar-refractivity contribution in [3.05, 3.63) is 24.5 Å². The molecule has 0 aliphatic heterocycles. The van der Waals surface area contributed by atoms with Gasteiger partial charge in [0.25, 0.3) is 11.1 Å². The molecule has 19 heavy (non-hydrogen) atoms. The van der Waals surface area contributed by atoms with Crippen LogP contribution in [0.3, 0.4) is 0 Å². The second-order valence-corrected chi connectivity index (χ2v) is 4.51. The second kappa shape index (κ2) is 5.08. The number of alkyl halides is 3. The number of hydrogen-bond acceptors (Lipinski definition) is 5. The van der Waals surface area contributed by atoms with Crippen molar-refractivity contribution in [1.82, 2.24) is 20.0 Å². The van der Waals surface area contributed by atoms with E-state index >= 15 is 0 Å². The SMILES string of the molecule is C=CCSc1nnc(-c2cn(C)nc2C(F)(F)F)o1. The molecule has 9 heteroatoms. The zero-order chi connectivity index (χ0) is 14.0. The van der Waals surface area contributed by atoms with E-state index in [1.54, 1.807) is 6.08 Å². The minimum Gasteiger partial charge on any atom is -0.411 e. The molecule has 0 unspecified atom stereocenters. The Kier molecular flexibility index (Phi) is 3.65. The van der Waals surface area contributed by atoms with Crippen LogP contribution in [0, 0.1) is 0 Å². The highest BCUT2D eigenvalue weighted by Gasteiger charge is 2.38. The summed E-state index contributed by atoms with van der Waals surface area (Å²) in [7, 11) is 1.39. The van der Waals surface area contributed by atoms with Crippen LogP contribution in [0.5, 0.6) is 0 Å². The molecule has 0 fully saturated rings. The van der Waals surface area contributed by atoms with E-state index in [2.05, 4.69) is 21.9 Å². The zero-order valence-electron chi connectivity index (χ0n) is 9.81. The molecule has 0 aliphatic carbocycles. The number of aromatic nitrogens is 4. The number of hydrogen-bond donors (Lipinski definition) is 0. The van der Waals surface area contributed by atoms with Gasteiger partial charge in [-0.15, -0.1) is 16.8 Å². The summed E-state index contributed by atoms with van der Waals surface area (Å²) in [5.41, 5.74) is -1.27. The molecule has 2 aromatic heterocycles. The van der Waals surface area contributed by atoms with Crippen molar-refractivity contribution in [3.8, 4) is 11.5 Å². The molecular weight excluding hydrogens is 281 g/mol. The Morgan fingerprint density at radius 3 is 2.84 bits per heavy atom. The predicted molar refractivity (Wildman–Crippen MR) is 62.4 cm³/mol. The third-order valence-electron chi connectivity index (χ3n) is 2.06. The smallest absolute Gasteiger partial charge is 0.411 e. The summed E-state index contributed by atoms with van der Waals surface area (Å²) >= 11 is 1.19. The van der Waals surface area contributed by atoms with Gasteiger partial charge in [-0.3, -0.25) is 4.68 Å². The Bertz CT molecular complexity index is 590. The van der Waals surface area contributed by atoms with Gasteiger partial charge in [0.15, 0.2) is 5.69 Å². The van der Waals surface area contributed by atoms with Crippen molar-refractivity contribution in [2.24, 2.45) is 7.05 Å². The molecule has 0 atom stereocenters. The highest BCUT2D eigenvalue weighted by atomic mass is 32.2. The van der Waals surface area contributed by atoms with E-state index in [1.165, 1.54) is 25.0 Å². The van der Waals surface area contributed by atoms with Crippen molar-refractivity contribution < 1.29 is 17.6 Å². The van der Waals surface area contributed by atoms with Crippen LogP contribution in [-0.4, -0.2) is 25.7 Å². The standard InChI is InChI=1S/C10H9F3N4OS/c1-3-4-19-9-15-14-8(18-9)6-5-17(2)16-7(6)10(11,12)13/h3,5H,1,4H2,2H3. The van der Waals surface area contributed by atoms with E-state index in [0.717, 1.165) is 4.68 Å². The Morgan fingerprint density at radius 2 is 2.21 bits per heavy atom. The summed E-state index contributed by atoms with van der Waals surface area (Å²) in [6.07, 6.45) is -1.75. The van der Waals surface area contributed by atoms with E-state index in [4.69, 9.17) is 4.42 Å². The second-order valence-electron chi connectivity index (χ2n) is 3.54.